The van der Waals surface area contributed by atoms with Crippen molar-refractivity contribution in [3.63, 3.8) is 0 Å². The van der Waals surface area contributed by atoms with Crippen LogP contribution in [0.4, 0.5) is 4.39 Å². The summed E-state index contributed by atoms with van der Waals surface area (Å²) in [6.07, 6.45) is 6.92. The third-order valence-corrected chi connectivity index (χ3v) is 7.76. The number of hydrogen-bond donors (Lipinski definition) is 0. The van der Waals surface area contributed by atoms with Crippen molar-refractivity contribution in [2.75, 3.05) is 7.11 Å². The highest BCUT2D eigenvalue weighted by molar-refractivity contribution is 6.06. The van der Waals surface area contributed by atoms with Crippen molar-refractivity contribution in [3.8, 4) is 5.75 Å². The van der Waals surface area contributed by atoms with Crippen molar-refractivity contribution >= 4 is 11.9 Å². The number of ketones is 1. The van der Waals surface area contributed by atoms with E-state index in [9.17, 15) is 9.18 Å². The van der Waals surface area contributed by atoms with Gasteiger partial charge in [-0.15, -0.1) is 0 Å². The van der Waals surface area contributed by atoms with Crippen molar-refractivity contribution in [1.29, 1.82) is 0 Å². The van der Waals surface area contributed by atoms with Gasteiger partial charge in [0.25, 0.3) is 0 Å². The van der Waals surface area contributed by atoms with Gasteiger partial charge in [-0.3, -0.25) is 4.79 Å². The van der Waals surface area contributed by atoms with E-state index in [-0.39, 0.29) is 17.0 Å². The van der Waals surface area contributed by atoms with E-state index in [2.05, 4.69) is 25.1 Å². The molecular formula is C26H27FO2. The lowest BCUT2D eigenvalue weighted by molar-refractivity contribution is -0.127. The van der Waals surface area contributed by atoms with E-state index in [0.717, 1.165) is 49.0 Å². The van der Waals surface area contributed by atoms with Gasteiger partial charge in [0.15, 0.2) is 5.78 Å². The second-order valence-electron chi connectivity index (χ2n) is 9.19. The van der Waals surface area contributed by atoms with Gasteiger partial charge in [0.05, 0.1) is 7.11 Å². The number of methoxy groups -OCH3 is 1. The molecule has 2 aromatic rings. The van der Waals surface area contributed by atoms with Crippen LogP contribution in [-0.2, 0) is 11.2 Å². The predicted octanol–water partition coefficient (Wildman–Crippen LogP) is 5.95. The zero-order valence-corrected chi connectivity index (χ0v) is 17.1. The molecule has 0 aliphatic heterocycles. The summed E-state index contributed by atoms with van der Waals surface area (Å²) < 4.78 is 19.0. The maximum atomic E-state index is 13.6. The van der Waals surface area contributed by atoms with Crippen LogP contribution in [0.3, 0.4) is 0 Å². The average Bonchev–Trinajstić information content (AvgIpc) is 2.98. The first-order chi connectivity index (χ1) is 14.0. The van der Waals surface area contributed by atoms with Crippen LogP contribution in [0.15, 0.2) is 48.0 Å². The number of allylic oxidation sites excluding steroid dienone is 1. The summed E-state index contributed by atoms with van der Waals surface area (Å²) in [6, 6.07) is 13.0. The molecule has 3 heteroatoms. The number of ether oxygens (including phenoxy) is 1. The molecule has 2 fully saturated rings. The van der Waals surface area contributed by atoms with Crippen LogP contribution in [0.1, 0.15) is 55.2 Å². The maximum Gasteiger partial charge on any atom is 0.165 e. The normalized spacial score (nSPS) is 31.9. The van der Waals surface area contributed by atoms with Gasteiger partial charge in [0.1, 0.15) is 11.6 Å². The standard InChI is InChI=1S/C26H27FO2/c1-26-11-10-22-21-9-7-20(29-2)14-17(21)6-8-23(22)24(26)15-18(25(26)28)12-16-4-3-5-19(27)13-16/h3-5,7,9,12-14,22-24H,6,8,10-11,15H2,1-2H3/b18-12+. The van der Waals surface area contributed by atoms with Crippen molar-refractivity contribution in [2.45, 2.75) is 44.9 Å². The van der Waals surface area contributed by atoms with E-state index >= 15 is 0 Å². The number of carbonyl (C=O) groups excluding carboxylic acids is 1. The molecule has 0 bridgehead atoms. The lowest BCUT2D eigenvalue weighted by Crippen LogP contribution is -2.42. The number of Topliss-reactive ketones (excluding diaryl/α,β-unsaturated/α-hetero) is 1. The highest BCUT2D eigenvalue weighted by atomic mass is 19.1. The second kappa shape index (κ2) is 6.83. The highest BCUT2D eigenvalue weighted by Gasteiger charge is 2.56. The van der Waals surface area contributed by atoms with Crippen molar-refractivity contribution in [2.24, 2.45) is 17.3 Å². The van der Waals surface area contributed by atoms with Crippen LogP contribution in [0.2, 0.25) is 0 Å². The minimum atomic E-state index is -0.274. The van der Waals surface area contributed by atoms with E-state index < -0.39 is 0 Å². The molecule has 0 spiro atoms. The number of hydrogen-bond acceptors (Lipinski definition) is 2. The molecule has 3 aliphatic carbocycles. The molecule has 2 aromatic carbocycles. The lowest BCUT2D eigenvalue weighted by Gasteiger charge is -2.48. The summed E-state index contributed by atoms with van der Waals surface area (Å²) in [5.41, 5.74) is 4.26. The van der Waals surface area contributed by atoms with E-state index in [4.69, 9.17) is 4.74 Å². The molecule has 0 saturated heterocycles. The molecule has 0 N–H and O–H groups in total. The van der Waals surface area contributed by atoms with Gasteiger partial charge in [-0.2, -0.15) is 0 Å². The summed E-state index contributed by atoms with van der Waals surface area (Å²) in [6.45, 7) is 2.17. The van der Waals surface area contributed by atoms with Crippen molar-refractivity contribution in [3.05, 3.63) is 70.5 Å². The van der Waals surface area contributed by atoms with Crippen molar-refractivity contribution < 1.29 is 13.9 Å². The largest absolute Gasteiger partial charge is 0.497 e. The van der Waals surface area contributed by atoms with Gasteiger partial charge in [-0.25, -0.2) is 4.39 Å². The molecule has 2 saturated carbocycles. The number of benzene rings is 2. The quantitative estimate of drug-likeness (QED) is 0.592. The van der Waals surface area contributed by atoms with Gasteiger partial charge in [0.2, 0.25) is 0 Å². The van der Waals surface area contributed by atoms with Gasteiger partial charge >= 0.3 is 0 Å². The van der Waals surface area contributed by atoms with E-state index in [1.165, 1.54) is 23.3 Å². The second-order valence-corrected chi connectivity index (χ2v) is 9.19. The summed E-state index contributed by atoms with van der Waals surface area (Å²) in [5.74, 6) is 2.41. The van der Waals surface area contributed by atoms with Gasteiger partial charge < -0.3 is 4.74 Å². The third kappa shape index (κ3) is 2.94. The minimum Gasteiger partial charge on any atom is -0.497 e. The molecule has 5 rings (SSSR count). The molecule has 3 aliphatic rings. The Hall–Kier alpha value is -2.42. The van der Waals surface area contributed by atoms with Crippen LogP contribution in [0.25, 0.3) is 6.08 Å². The molecule has 4 atom stereocenters. The Morgan fingerprint density at radius 3 is 2.83 bits per heavy atom. The zero-order chi connectivity index (χ0) is 20.2. The minimum absolute atomic E-state index is 0.257. The van der Waals surface area contributed by atoms with Crippen LogP contribution >= 0.6 is 0 Å². The van der Waals surface area contributed by atoms with E-state index in [0.29, 0.717) is 17.8 Å². The summed E-state index contributed by atoms with van der Waals surface area (Å²) in [7, 11) is 1.72. The fourth-order valence-corrected chi connectivity index (χ4v) is 6.28. The molecule has 2 nitrogen and oxygen atoms in total. The first-order valence-corrected chi connectivity index (χ1v) is 10.7. The first-order valence-electron chi connectivity index (χ1n) is 10.7. The van der Waals surface area contributed by atoms with Crippen LogP contribution < -0.4 is 4.74 Å². The molecule has 0 radical (unpaired) electrons. The summed E-state index contributed by atoms with van der Waals surface area (Å²) >= 11 is 0. The van der Waals surface area contributed by atoms with E-state index in [1.807, 2.05) is 12.1 Å². The Morgan fingerprint density at radius 1 is 1.17 bits per heavy atom. The number of carbonyl (C=O) groups is 1. The Bertz CT molecular complexity index is 1010. The monoisotopic (exact) mass is 390 g/mol. The highest BCUT2D eigenvalue weighted by Crippen LogP contribution is 2.60. The third-order valence-electron chi connectivity index (χ3n) is 7.76. The van der Waals surface area contributed by atoms with Crippen LogP contribution in [0.5, 0.6) is 5.75 Å². The summed E-state index contributed by atoms with van der Waals surface area (Å²) in [4.78, 5) is 13.4. The maximum absolute atomic E-state index is 13.6. The molecule has 29 heavy (non-hydrogen) atoms. The molecule has 0 heterocycles. The van der Waals surface area contributed by atoms with Crippen LogP contribution in [-0.4, -0.2) is 12.9 Å². The predicted molar refractivity (Wildman–Crippen MR) is 112 cm³/mol. The SMILES string of the molecule is COc1ccc2c(c1)CCC1C2CCC2(C)C(=O)/C(=C/c3cccc(F)c3)CC12. The van der Waals surface area contributed by atoms with Gasteiger partial charge in [-0.05, 0) is 102 Å². The van der Waals surface area contributed by atoms with E-state index in [1.54, 1.807) is 13.2 Å². The van der Waals surface area contributed by atoms with Crippen LogP contribution in [0, 0.1) is 23.1 Å². The Labute approximate surface area is 171 Å². The summed E-state index contributed by atoms with van der Waals surface area (Å²) in [5, 5.41) is 0. The lowest BCUT2D eigenvalue weighted by atomic mass is 9.55. The Morgan fingerprint density at radius 2 is 2.03 bits per heavy atom. The Balaban J connectivity index is 1.48. The van der Waals surface area contributed by atoms with Crippen molar-refractivity contribution in [1.82, 2.24) is 0 Å². The topological polar surface area (TPSA) is 26.3 Å². The zero-order valence-electron chi connectivity index (χ0n) is 17.1. The smallest absolute Gasteiger partial charge is 0.165 e. The molecule has 4 unspecified atom stereocenters. The Kier molecular flexibility index (Phi) is 4.38. The average molecular weight is 390 g/mol. The fraction of sp³-hybridized carbons (Fsp3) is 0.423. The molecule has 0 amide bonds. The van der Waals surface area contributed by atoms with Gasteiger partial charge in [0, 0.05) is 5.41 Å². The number of halogens is 1. The molecule has 0 aromatic heterocycles. The molecular weight excluding hydrogens is 363 g/mol. The number of rotatable bonds is 2. The molecule has 150 valence electrons. The number of aryl methyl sites for hydroxylation is 1. The number of fused-ring (bicyclic) bond motifs is 5. The fourth-order valence-electron chi connectivity index (χ4n) is 6.28. The van der Waals surface area contributed by atoms with Gasteiger partial charge in [-0.1, -0.05) is 25.1 Å². The first kappa shape index (κ1) is 18.6.